The summed E-state index contributed by atoms with van der Waals surface area (Å²) in [5.74, 6) is -0.183. The summed E-state index contributed by atoms with van der Waals surface area (Å²) in [7, 11) is 0. The van der Waals surface area contributed by atoms with Gasteiger partial charge in [-0.1, -0.05) is 30.3 Å². The first-order valence-electron chi connectivity index (χ1n) is 14.2. The van der Waals surface area contributed by atoms with Gasteiger partial charge in [0.2, 0.25) is 0 Å². The van der Waals surface area contributed by atoms with E-state index in [4.69, 9.17) is 14.2 Å². The smallest absolute Gasteiger partial charge is 0.410 e. The van der Waals surface area contributed by atoms with E-state index in [2.05, 4.69) is 34.1 Å². The second-order valence-electron chi connectivity index (χ2n) is 10.9. The van der Waals surface area contributed by atoms with Crippen molar-refractivity contribution in [2.75, 3.05) is 59.0 Å². The van der Waals surface area contributed by atoms with Crippen molar-refractivity contribution in [2.45, 2.75) is 58.6 Å². The van der Waals surface area contributed by atoms with Crippen molar-refractivity contribution in [3.05, 3.63) is 35.9 Å². The molecule has 0 bridgehead atoms. The van der Waals surface area contributed by atoms with Gasteiger partial charge in [-0.25, -0.2) is 4.79 Å². The number of likely N-dealkylation sites (tertiary alicyclic amines) is 2. The van der Waals surface area contributed by atoms with E-state index in [1.54, 1.807) is 13.8 Å². The third-order valence-electron chi connectivity index (χ3n) is 8.16. The van der Waals surface area contributed by atoms with Crippen molar-refractivity contribution in [2.24, 2.45) is 11.3 Å². The van der Waals surface area contributed by atoms with Crippen LogP contribution in [0, 0.1) is 11.3 Å². The Balaban J connectivity index is 1.21. The van der Waals surface area contributed by atoms with E-state index < -0.39 is 5.41 Å². The third kappa shape index (κ3) is 7.47. The maximum absolute atomic E-state index is 12.8. The first-order valence-corrected chi connectivity index (χ1v) is 14.2. The number of carbonyl (C=O) groups is 3. The van der Waals surface area contributed by atoms with E-state index in [-0.39, 0.29) is 37.2 Å². The van der Waals surface area contributed by atoms with Crippen LogP contribution in [0.5, 0.6) is 0 Å². The zero-order valence-corrected chi connectivity index (χ0v) is 22.9. The maximum Gasteiger partial charge on any atom is 0.410 e. The van der Waals surface area contributed by atoms with Crippen LogP contribution in [-0.2, 0) is 30.3 Å². The number of piperidine rings is 2. The second-order valence-corrected chi connectivity index (χ2v) is 10.9. The molecule has 0 radical (unpaired) electrons. The van der Waals surface area contributed by atoms with E-state index in [1.165, 1.54) is 5.56 Å². The Morgan fingerprint density at radius 1 is 0.947 bits per heavy atom. The first kappa shape index (κ1) is 28.4. The fourth-order valence-corrected chi connectivity index (χ4v) is 5.98. The Bertz CT molecular complexity index is 926. The van der Waals surface area contributed by atoms with Gasteiger partial charge in [-0.15, -0.1) is 0 Å². The molecular weight excluding hydrogens is 486 g/mol. The molecule has 3 heterocycles. The fourth-order valence-electron chi connectivity index (χ4n) is 5.98. The zero-order chi connectivity index (χ0) is 27.0. The van der Waals surface area contributed by atoms with Gasteiger partial charge in [0.15, 0.2) is 0 Å². The Kier molecular flexibility index (Phi) is 10.0. The molecule has 4 rings (SSSR count). The largest absolute Gasteiger partial charge is 0.466 e. The minimum Gasteiger partial charge on any atom is -0.466 e. The summed E-state index contributed by atoms with van der Waals surface area (Å²) in [6.45, 7) is 10.5. The van der Waals surface area contributed by atoms with Crippen molar-refractivity contribution in [1.82, 2.24) is 14.7 Å². The molecule has 38 heavy (non-hydrogen) atoms. The van der Waals surface area contributed by atoms with Crippen molar-refractivity contribution >= 4 is 18.0 Å². The molecule has 1 aromatic rings. The molecule has 3 fully saturated rings. The van der Waals surface area contributed by atoms with E-state index in [1.807, 2.05) is 11.0 Å². The van der Waals surface area contributed by atoms with Gasteiger partial charge in [-0.05, 0) is 77.2 Å². The molecule has 1 atom stereocenters. The van der Waals surface area contributed by atoms with Gasteiger partial charge in [0.1, 0.15) is 6.10 Å². The molecule has 0 N–H and O–H groups in total. The summed E-state index contributed by atoms with van der Waals surface area (Å²) in [5.41, 5.74) is 0.502. The molecule has 9 nitrogen and oxygen atoms in total. The molecule has 3 aliphatic rings. The zero-order valence-electron chi connectivity index (χ0n) is 22.9. The average molecular weight is 530 g/mol. The lowest BCUT2D eigenvalue weighted by atomic mass is 9.75. The van der Waals surface area contributed by atoms with Crippen molar-refractivity contribution in [3.63, 3.8) is 0 Å². The number of esters is 2. The number of nitrogens with zero attached hydrogens (tertiary/aromatic N) is 3. The lowest BCUT2D eigenvalue weighted by Gasteiger charge is -2.39. The highest BCUT2D eigenvalue weighted by Crippen LogP contribution is 2.37. The maximum atomic E-state index is 12.8. The number of ether oxygens (including phenoxy) is 3. The second kappa shape index (κ2) is 13.4. The van der Waals surface area contributed by atoms with Gasteiger partial charge >= 0.3 is 18.0 Å². The molecular formula is C29H43N3O6. The van der Waals surface area contributed by atoms with Gasteiger partial charge in [0.05, 0.1) is 31.6 Å². The van der Waals surface area contributed by atoms with Crippen LogP contribution in [0.1, 0.15) is 51.5 Å². The fraction of sp³-hybridized carbons (Fsp3) is 0.690. The number of amides is 1. The average Bonchev–Trinajstić information content (AvgIpc) is 3.25. The Morgan fingerprint density at radius 2 is 1.63 bits per heavy atom. The molecule has 1 unspecified atom stereocenters. The van der Waals surface area contributed by atoms with Gasteiger partial charge in [-0.2, -0.15) is 0 Å². The molecule has 1 amide bonds. The lowest BCUT2D eigenvalue weighted by Crippen LogP contribution is -2.48. The van der Waals surface area contributed by atoms with Crippen molar-refractivity contribution in [1.29, 1.82) is 0 Å². The number of hydrogen-bond acceptors (Lipinski definition) is 8. The van der Waals surface area contributed by atoms with Gasteiger partial charge in [0, 0.05) is 19.6 Å². The number of benzene rings is 1. The molecule has 0 spiro atoms. The molecule has 0 aromatic heterocycles. The number of cyclic esters (lactones) is 1. The van der Waals surface area contributed by atoms with Crippen LogP contribution in [-0.4, -0.2) is 97.9 Å². The number of hydrogen-bond donors (Lipinski definition) is 0. The van der Waals surface area contributed by atoms with Crippen molar-refractivity contribution in [3.8, 4) is 0 Å². The summed E-state index contributed by atoms with van der Waals surface area (Å²) in [5, 5.41) is 0. The molecule has 1 aromatic carbocycles. The Labute approximate surface area is 226 Å². The summed E-state index contributed by atoms with van der Waals surface area (Å²) >= 11 is 0. The van der Waals surface area contributed by atoms with Gasteiger partial charge < -0.3 is 19.1 Å². The highest BCUT2D eigenvalue weighted by atomic mass is 16.6. The molecule has 3 aliphatic heterocycles. The highest BCUT2D eigenvalue weighted by molar-refractivity contribution is 5.83. The SMILES string of the molecule is CCOC(=O)CC1(C(=O)OCC)CCN(CC2CN(CC3CCN(Cc4ccccc4)CC3)C(=O)O2)CC1. The lowest BCUT2D eigenvalue weighted by molar-refractivity contribution is -0.165. The molecule has 9 heteroatoms. The summed E-state index contributed by atoms with van der Waals surface area (Å²) in [6.07, 6.45) is 2.87. The summed E-state index contributed by atoms with van der Waals surface area (Å²) < 4.78 is 16.2. The van der Waals surface area contributed by atoms with Crippen molar-refractivity contribution < 1.29 is 28.6 Å². The van der Waals surface area contributed by atoms with Crippen LogP contribution in [0.2, 0.25) is 0 Å². The highest BCUT2D eigenvalue weighted by Gasteiger charge is 2.45. The van der Waals surface area contributed by atoms with Crippen LogP contribution in [0.15, 0.2) is 30.3 Å². The van der Waals surface area contributed by atoms with E-state index in [0.29, 0.717) is 51.5 Å². The quantitative estimate of drug-likeness (QED) is 0.319. The molecule has 3 saturated heterocycles. The van der Waals surface area contributed by atoms with Crippen LogP contribution in [0.25, 0.3) is 0 Å². The van der Waals surface area contributed by atoms with E-state index >= 15 is 0 Å². The van der Waals surface area contributed by atoms with Crippen LogP contribution in [0.3, 0.4) is 0 Å². The van der Waals surface area contributed by atoms with Crippen LogP contribution in [0.4, 0.5) is 4.79 Å². The topological polar surface area (TPSA) is 88.6 Å². The van der Waals surface area contributed by atoms with Gasteiger partial charge in [0.25, 0.3) is 0 Å². The Morgan fingerprint density at radius 3 is 2.29 bits per heavy atom. The number of carbonyl (C=O) groups excluding carboxylic acids is 3. The minimum absolute atomic E-state index is 0.0455. The van der Waals surface area contributed by atoms with E-state index in [9.17, 15) is 14.4 Å². The summed E-state index contributed by atoms with van der Waals surface area (Å²) in [6, 6.07) is 10.6. The van der Waals surface area contributed by atoms with Crippen LogP contribution < -0.4 is 0 Å². The first-order chi connectivity index (χ1) is 18.4. The molecule has 0 saturated carbocycles. The van der Waals surface area contributed by atoms with Crippen LogP contribution >= 0.6 is 0 Å². The molecule has 210 valence electrons. The predicted octanol–water partition coefficient (Wildman–Crippen LogP) is 3.32. The monoisotopic (exact) mass is 529 g/mol. The van der Waals surface area contributed by atoms with E-state index in [0.717, 1.165) is 39.0 Å². The third-order valence-corrected chi connectivity index (χ3v) is 8.16. The number of rotatable bonds is 11. The minimum atomic E-state index is -0.841. The normalized spacial score (nSPS) is 22.7. The predicted molar refractivity (Wildman–Crippen MR) is 142 cm³/mol. The summed E-state index contributed by atoms with van der Waals surface area (Å²) in [4.78, 5) is 44.2. The van der Waals surface area contributed by atoms with Gasteiger partial charge in [-0.3, -0.25) is 19.4 Å². The molecule has 0 aliphatic carbocycles. The Hall–Kier alpha value is -2.65. The standard InChI is InChI=1S/C29H43N3O6/c1-3-36-26(33)18-29(27(34)37-4-2)12-16-31(17-13-29)21-25-22-32(28(35)38-25)20-24-10-14-30(15-11-24)19-23-8-6-5-7-9-23/h5-9,24-25H,3-4,10-22H2,1-2H3.